The van der Waals surface area contributed by atoms with E-state index in [0.29, 0.717) is 12.4 Å². The van der Waals surface area contributed by atoms with Crippen LogP contribution in [-0.2, 0) is 6.54 Å². The first-order chi connectivity index (χ1) is 9.92. The van der Waals surface area contributed by atoms with Crippen LogP contribution in [-0.4, -0.2) is 16.7 Å². The van der Waals surface area contributed by atoms with Gasteiger partial charge in [-0.1, -0.05) is 41.4 Å². The summed E-state index contributed by atoms with van der Waals surface area (Å²) in [7, 11) is 1.61. The zero-order valence-corrected chi connectivity index (χ0v) is 14.4. The van der Waals surface area contributed by atoms with Gasteiger partial charge in [-0.05, 0) is 18.2 Å². The smallest absolute Gasteiger partial charge is 0.255 e. The largest absolute Gasteiger partial charge is 0.496 e. The van der Waals surface area contributed by atoms with E-state index in [0.717, 1.165) is 15.8 Å². The van der Waals surface area contributed by atoms with Crippen LogP contribution in [0.1, 0.15) is 31.2 Å². The molecule has 6 heteroatoms. The van der Waals surface area contributed by atoms with Gasteiger partial charge in [0.2, 0.25) is 0 Å². The first-order valence-corrected chi connectivity index (χ1v) is 7.69. The van der Waals surface area contributed by atoms with E-state index in [4.69, 9.17) is 16.3 Å². The maximum absolute atomic E-state index is 12.2. The molecule has 0 N–H and O–H groups in total. The predicted octanol–water partition coefficient (Wildman–Crippen LogP) is 3.84. The Balaban J connectivity index is 2.54. The van der Waals surface area contributed by atoms with Gasteiger partial charge >= 0.3 is 0 Å². The number of methoxy groups -OCH3 is 1. The van der Waals surface area contributed by atoms with Crippen LogP contribution in [0, 0.1) is 0 Å². The van der Waals surface area contributed by atoms with Gasteiger partial charge in [0.15, 0.2) is 0 Å². The van der Waals surface area contributed by atoms with Crippen LogP contribution in [0.5, 0.6) is 5.75 Å². The van der Waals surface area contributed by atoms with Crippen molar-refractivity contribution in [3.8, 4) is 5.75 Å². The molecule has 1 heterocycles. The Morgan fingerprint density at radius 3 is 2.71 bits per heavy atom. The summed E-state index contributed by atoms with van der Waals surface area (Å²) in [6, 6.07) is 7.03. The van der Waals surface area contributed by atoms with Crippen LogP contribution in [0.15, 0.2) is 33.5 Å². The molecule has 0 fully saturated rings. The van der Waals surface area contributed by atoms with Gasteiger partial charge in [0.25, 0.3) is 5.56 Å². The van der Waals surface area contributed by atoms with Crippen molar-refractivity contribution < 1.29 is 4.74 Å². The van der Waals surface area contributed by atoms with Crippen LogP contribution in [0.2, 0.25) is 5.15 Å². The Kier molecular flexibility index (Phi) is 5.06. The lowest BCUT2D eigenvalue weighted by Gasteiger charge is -2.16. The van der Waals surface area contributed by atoms with E-state index >= 15 is 0 Å². The third kappa shape index (κ3) is 3.66. The highest BCUT2D eigenvalue weighted by atomic mass is 79.9. The first-order valence-electron chi connectivity index (χ1n) is 6.52. The molecular formula is C15H16BrClN2O2. The summed E-state index contributed by atoms with van der Waals surface area (Å²) in [5, 5.41) is 0.223. The number of hydrogen-bond acceptors (Lipinski definition) is 3. The summed E-state index contributed by atoms with van der Waals surface area (Å²) < 4.78 is 7.91. The van der Waals surface area contributed by atoms with Crippen molar-refractivity contribution in [2.24, 2.45) is 0 Å². The molecule has 0 aliphatic heterocycles. The Bertz CT molecular complexity index is 713. The molecule has 0 saturated heterocycles. The predicted molar refractivity (Wildman–Crippen MR) is 87.4 cm³/mol. The van der Waals surface area contributed by atoms with Gasteiger partial charge < -0.3 is 4.74 Å². The molecule has 0 atom stereocenters. The monoisotopic (exact) mass is 370 g/mol. The second-order valence-corrected chi connectivity index (χ2v) is 6.28. The summed E-state index contributed by atoms with van der Waals surface area (Å²) >= 11 is 9.33. The fourth-order valence-corrected chi connectivity index (χ4v) is 2.72. The molecule has 21 heavy (non-hydrogen) atoms. The molecule has 112 valence electrons. The number of nitrogens with zero attached hydrogens (tertiary/aromatic N) is 2. The third-order valence-electron chi connectivity index (χ3n) is 3.09. The van der Waals surface area contributed by atoms with E-state index in [1.54, 1.807) is 11.7 Å². The lowest BCUT2D eigenvalue weighted by atomic mass is 10.1. The van der Waals surface area contributed by atoms with Gasteiger partial charge in [-0.15, -0.1) is 0 Å². The van der Waals surface area contributed by atoms with Crippen LogP contribution in [0.3, 0.4) is 0 Å². The summed E-state index contributed by atoms with van der Waals surface area (Å²) in [5.41, 5.74) is 0.737. The van der Waals surface area contributed by atoms with E-state index in [-0.39, 0.29) is 16.6 Å². The SMILES string of the molecule is COc1ccc(Br)cc1Cn1c(C(C)C)nc(Cl)cc1=O. The van der Waals surface area contributed by atoms with E-state index in [1.807, 2.05) is 32.0 Å². The van der Waals surface area contributed by atoms with Crippen molar-refractivity contribution >= 4 is 27.5 Å². The number of benzene rings is 1. The minimum absolute atomic E-state index is 0.0922. The van der Waals surface area contributed by atoms with Gasteiger partial charge in [-0.3, -0.25) is 9.36 Å². The Morgan fingerprint density at radius 1 is 1.38 bits per heavy atom. The van der Waals surface area contributed by atoms with E-state index in [9.17, 15) is 4.79 Å². The summed E-state index contributed by atoms with van der Waals surface area (Å²) in [6.07, 6.45) is 0. The first kappa shape index (κ1) is 16.0. The second-order valence-electron chi connectivity index (χ2n) is 4.97. The molecular weight excluding hydrogens is 356 g/mol. The van der Waals surface area contributed by atoms with Gasteiger partial charge in [0.05, 0.1) is 13.7 Å². The molecule has 1 aromatic carbocycles. The van der Waals surface area contributed by atoms with Gasteiger partial charge in [-0.2, -0.15) is 0 Å². The molecule has 0 radical (unpaired) electrons. The molecule has 4 nitrogen and oxygen atoms in total. The summed E-state index contributed by atoms with van der Waals surface area (Å²) in [6.45, 7) is 4.35. The highest BCUT2D eigenvalue weighted by Gasteiger charge is 2.14. The molecule has 0 aliphatic carbocycles. The molecule has 0 amide bonds. The maximum atomic E-state index is 12.2. The highest BCUT2D eigenvalue weighted by molar-refractivity contribution is 9.10. The minimum atomic E-state index is -0.166. The molecule has 2 rings (SSSR count). The molecule has 0 saturated carbocycles. The number of ether oxygens (including phenoxy) is 1. The van der Waals surface area contributed by atoms with Crippen LogP contribution >= 0.6 is 27.5 Å². The quantitative estimate of drug-likeness (QED) is 0.767. The topological polar surface area (TPSA) is 44.1 Å². The summed E-state index contributed by atoms with van der Waals surface area (Å²) in [4.78, 5) is 16.5. The van der Waals surface area contributed by atoms with Crippen molar-refractivity contribution in [1.29, 1.82) is 0 Å². The van der Waals surface area contributed by atoms with Crippen molar-refractivity contribution in [1.82, 2.24) is 9.55 Å². The maximum Gasteiger partial charge on any atom is 0.255 e. The normalized spacial score (nSPS) is 11.0. The molecule has 1 aromatic heterocycles. The fourth-order valence-electron chi connectivity index (χ4n) is 2.14. The third-order valence-corrected chi connectivity index (χ3v) is 3.78. The average molecular weight is 372 g/mol. The number of hydrogen-bond donors (Lipinski definition) is 0. The lowest BCUT2D eigenvalue weighted by Crippen LogP contribution is -2.26. The Labute approximate surface area is 136 Å². The van der Waals surface area contributed by atoms with Gasteiger partial charge in [0.1, 0.15) is 16.7 Å². The zero-order valence-electron chi connectivity index (χ0n) is 12.1. The van der Waals surface area contributed by atoms with Crippen LogP contribution in [0.25, 0.3) is 0 Å². The van der Waals surface area contributed by atoms with Crippen LogP contribution in [0.4, 0.5) is 0 Å². The molecule has 2 aromatic rings. The van der Waals surface area contributed by atoms with Gasteiger partial charge in [-0.25, -0.2) is 4.98 Å². The molecule has 0 spiro atoms. The average Bonchev–Trinajstić information content (AvgIpc) is 2.41. The van der Waals surface area contributed by atoms with Gasteiger partial charge in [0, 0.05) is 22.0 Å². The second kappa shape index (κ2) is 6.62. The molecule has 0 bridgehead atoms. The van der Waals surface area contributed by atoms with Crippen molar-refractivity contribution in [3.63, 3.8) is 0 Å². The minimum Gasteiger partial charge on any atom is -0.496 e. The number of halogens is 2. The lowest BCUT2D eigenvalue weighted by molar-refractivity contribution is 0.407. The Morgan fingerprint density at radius 2 is 2.10 bits per heavy atom. The van der Waals surface area contributed by atoms with Crippen molar-refractivity contribution in [3.05, 3.63) is 55.6 Å². The molecule has 0 aliphatic rings. The van der Waals surface area contributed by atoms with E-state index < -0.39 is 0 Å². The zero-order chi connectivity index (χ0) is 15.6. The van der Waals surface area contributed by atoms with Crippen molar-refractivity contribution in [2.75, 3.05) is 7.11 Å². The molecule has 0 unspecified atom stereocenters. The fraction of sp³-hybridized carbons (Fsp3) is 0.333. The van der Waals surface area contributed by atoms with E-state index in [1.165, 1.54) is 6.07 Å². The number of rotatable bonds is 4. The Hall–Kier alpha value is -1.33. The summed E-state index contributed by atoms with van der Waals surface area (Å²) in [5.74, 6) is 1.49. The highest BCUT2D eigenvalue weighted by Crippen LogP contribution is 2.24. The van der Waals surface area contributed by atoms with Crippen molar-refractivity contribution in [2.45, 2.75) is 26.3 Å². The van der Waals surface area contributed by atoms with E-state index in [2.05, 4.69) is 20.9 Å². The standard InChI is InChI=1S/C15H16BrClN2O2/c1-9(2)15-18-13(17)7-14(20)19(15)8-10-6-11(16)4-5-12(10)21-3/h4-7,9H,8H2,1-3H3. The number of aromatic nitrogens is 2. The van der Waals surface area contributed by atoms with Crippen LogP contribution < -0.4 is 10.3 Å².